The van der Waals surface area contributed by atoms with Gasteiger partial charge in [-0.2, -0.15) is 0 Å². The summed E-state index contributed by atoms with van der Waals surface area (Å²) in [6.45, 7) is 0. The molecule has 0 aliphatic heterocycles. The monoisotopic (exact) mass is 137 g/mol. The summed E-state index contributed by atoms with van der Waals surface area (Å²) in [5.74, 6) is 0. The molecule has 0 fully saturated rings. The second-order valence-corrected chi connectivity index (χ2v) is 0. The fraction of sp³-hybridized carbons (Fsp3) is 0. The molecule has 0 bridgehead atoms. The molecule has 1 radical (unpaired) electrons. The Hall–Kier alpha value is 1.57. The van der Waals surface area contributed by atoms with Crippen LogP contribution in [0.4, 0.5) is 0 Å². The third kappa shape index (κ3) is 9.57. The van der Waals surface area contributed by atoms with Crippen molar-refractivity contribution in [1.82, 2.24) is 0 Å². The van der Waals surface area contributed by atoms with Crippen molar-refractivity contribution < 1.29 is 39.0 Å². The van der Waals surface area contributed by atoms with Crippen molar-refractivity contribution in [3.63, 3.8) is 0 Å². The molecule has 0 rings (SSSR count). The zero-order chi connectivity index (χ0) is 0. The quantitative estimate of drug-likeness (QED) is 0.393. The first-order chi connectivity index (χ1) is 0. The van der Waals surface area contributed by atoms with E-state index in [1.54, 1.807) is 0 Å². The standard InChI is InChI=1S/Li.Mn.Ni.O.H/q;+2;;-2;. The van der Waals surface area contributed by atoms with Crippen molar-refractivity contribution in [2.75, 3.05) is 0 Å². The molecule has 0 saturated heterocycles. The van der Waals surface area contributed by atoms with Crippen LogP contribution in [0.25, 0.3) is 0 Å². The van der Waals surface area contributed by atoms with E-state index in [4.69, 9.17) is 0 Å². The maximum atomic E-state index is 0. The van der Waals surface area contributed by atoms with E-state index in [0.29, 0.717) is 0 Å². The Labute approximate surface area is 57.8 Å². The summed E-state index contributed by atoms with van der Waals surface area (Å²) in [4.78, 5) is 0. The van der Waals surface area contributed by atoms with Crippen LogP contribution in [0.3, 0.4) is 0 Å². The minimum absolute atomic E-state index is 0. The van der Waals surface area contributed by atoms with E-state index in [1.165, 1.54) is 0 Å². The molecule has 0 aromatic rings. The van der Waals surface area contributed by atoms with Gasteiger partial charge in [0.2, 0.25) is 0 Å². The summed E-state index contributed by atoms with van der Waals surface area (Å²) in [6.07, 6.45) is 0. The van der Waals surface area contributed by atoms with Crippen LogP contribution >= 0.6 is 0 Å². The van der Waals surface area contributed by atoms with Gasteiger partial charge in [-0.15, -0.1) is 0 Å². The van der Waals surface area contributed by atoms with Crippen molar-refractivity contribution in [2.24, 2.45) is 0 Å². The molecule has 0 aliphatic carbocycles. The SMILES string of the molecule is [LiH].[Mn+2].[Ni].[O-2]. The van der Waals surface area contributed by atoms with Gasteiger partial charge in [-0.3, -0.25) is 0 Å². The van der Waals surface area contributed by atoms with Crippen LogP contribution in [-0.4, -0.2) is 18.9 Å². The molecule has 0 aromatic heterocycles. The molecular formula is HLiMnNiO. The molecule has 0 aromatic carbocycles. The molecule has 4 heteroatoms. The maximum absolute atomic E-state index is 0. The Bertz CT molecular complexity index is 8.00. The first kappa shape index (κ1) is 47.2. The maximum Gasteiger partial charge on any atom is 2.00 e. The topological polar surface area (TPSA) is 28.5 Å². The fourth-order valence-electron chi connectivity index (χ4n) is 0. The number of hydrogen-bond donors (Lipinski definition) is 0. The van der Waals surface area contributed by atoms with Crippen molar-refractivity contribution in [1.29, 1.82) is 0 Å². The number of rotatable bonds is 0. The summed E-state index contributed by atoms with van der Waals surface area (Å²) in [6, 6.07) is 0. The first-order valence-electron chi connectivity index (χ1n) is 0. The Balaban J connectivity index is 0. The third-order valence-corrected chi connectivity index (χ3v) is 0. The van der Waals surface area contributed by atoms with Crippen LogP contribution in [-0.2, 0) is 39.0 Å². The van der Waals surface area contributed by atoms with Crippen molar-refractivity contribution in [3.05, 3.63) is 0 Å². The van der Waals surface area contributed by atoms with Gasteiger partial charge in [0, 0.05) is 16.5 Å². The molecular weight excluding hydrogens is 137 g/mol. The summed E-state index contributed by atoms with van der Waals surface area (Å²) in [5, 5.41) is 0. The van der Waals surface area contributed by atoms with Crippen LogP contribution in [0, 0.1) is 0 Å². The van der Waals surface area contributed by atoms with Gasteiger partial charge in [0.05, 0.1) is 0 Å². The van der Waals surface area contributed by atoms with E-state index in [0.717, 1.165) is 0 Å². The Morgan fingerprint density at radius 1 is 1.00 bits per heavy atom. The zero-order valence-corrected chi connectivity index (χ0v) is 3.27. The molecule has 0 aliphatic rings. The molecule has 0 N–H and O–H groups in total. The second kappa shape index (κ2) is 23.6. The van der Waals surface area contributed by atoms with E-state index in [9.17, 15) is 0 Å². The molecule has 0 saturated carbocycles. The first-order valence-corrected chi connectivity index (χ1v) is 0. The van der Waals surface area contributed by atoms with Gasteiger partial charge in [0.15, 0.2) is 0 Å². The predicted molar refractivity (Wildman–Crippen MR) is 7.84 cm³/mol. The summed E-state index contributed by atoms with van der Waals surface area (Å²) < 4.78 is 0. The third-order valence-electron chi connectivity index (χ3n) is 0. The largest absolute Gasteiger partial charge is 2.00 e. The van der Waals surface area contributed by atoms with Crippen molar-refractivity contribution in [3.8, 4) is 0 Å². The van der Waals surface area contributed by atoms with Crippen molar-refractivity contribution >= 4 is 18.9 Å². The average Bonchev–Trinajstić information content (AvgIpc) is 0. The van der Waals surface area contributed by atoms with Gasteiger partial charge in [0.25, 0.3) is 0 Å². The van der Waals surface area contributed by atoms with Gasteiger partial charge in [-0.1, -0.05) is 0 Å². The Morgan fingerprint density at radius 3 is 1.00 bits per heavy atom. The molecule has 4 heavy (non-hydrogen) atoms. The minimum atomic E-state index is 0. The van der Waals surface area contributed by atoms with Gasteiger partial charge in [0.1, 0.15) is 0 Å². The van der Waals surface area contributed by atoms with Crippen LogP contribution in [0.1, 0.15) is 0 Å². The Morgan fingerprint density at radius 2 is 1.00 bits per heavy atom. The van der Waals surface area contributed by atoms with Gasteiger partial charge in [-0.05, 0) is 0 Å². The smallest absolute Gasteiger partial charge is 2.00 e. The second-order valence-electron chi connectivity index (χ2n) is 0. The van der Waals surface area contributed by atoms with Gasteiger partial charge < -0.3 is 5.48 Å². The van der Waals surface area contributed by atoms with Gasteiger partial charge in [-0.25, -0.2) is 0 Å². The molecule has 0 heterocycles. The fourth-order valence-corrected chi connectivity index (χ4v) is 0. The molecule has 0 unspecified atom stereocenters. The molecule has 1 nitrogen and oxygen atoms in total. The van der Waals surface area contributed by atoms with E-state index >= 15 is 0 Å². The van der Waals surface area contributed by atoms with Crippen LogP contribution in [0.5, 0.6) is 0 Å². The molecule has 0 atom stereocenters. The van der Waals surface area contributed by atoms with Crippen LogP contribution in [0.15, 0.2) is 0 Å². The van der Waals surface area contributed by atoms with Crippen molar-refractivity contribution in [2.45, 2.75) is 0 Å². The van der Waals surface area contributed by atoms with E-state index < -0.39 is 0 Å². The summed E-state index contributed by atoms with van der Waals surface area (Å²) >= 11 is 0. The average molecular weight is 138 g/mol. The number of hydrogen-bond acceptors (Lipinski definition) is 0. The molecule has 0 spiro atoms. The minimum Gasteiger partial charge on any atom is -2.00 e. The van der Waals surface area contributed by atoms with Crippen LogP contribution < -0.4 is 0 Å². The zero-order valence-electron chi connectivity index (χ0n) is 1.10. The molecule has 0 amide bonds. The predicted octanol–water partition coefficient (Wildman–Crippen LogP) is -0.772. The van der Waals surface area contributed by atoms with E-state index in [1.807, 2.05) is 0 Å². The summed E-state index contributed by atoms with van der Waals surface area (Å²) in [7, 11) is 0. The van der Waals surface area contributed by atoms with E-state index in [-0.39, 0.29) is 57.9 Å². The normalized spacial score (nSPS) is 0. The van der Waals surface area contributed by atoms with Crippen LogP contribution in [0.2, 0.25) is 0 Å². The summed E-state index contributed by atoms with van der Waals surface area (Å²) in [5.41, 5.74) is 0. The molecule has 25 valence electrons. The Kier molecular flexibility index (Phi) is 279. The van der Waals surface area contributed by atoms with Gasteiger partial charge >= 0.3 is 35.9 Å². The van der Waals surface area contributed by atoms with E-state index in [2.05, 4.69) is 0 Å².